The molecule has 0 aliphatic carbocycles. The Bertz CT molecular complexity index is 455. The molecule has 0 fully saturated rings. The summed E-state index contributed by atoms with van der Waals surface area (Å²) in [6, 6.07) is 8.79. The van der Waals surface area contributed by atoms with Gasteiger partial charge in [0.25, 0.3) is 0 Å². The summed E-state index contributed by atoms with van der Waals surface area (Å²) >= 11 is 0. The van der Waals surface area contributed by atoms with Gasteiger partial charge in [0.1, 0.15) is 0 Å². The van der Waals surface area contributed by atoms with Gasteiger partial charge in [0.15, 0.2) is 0 Å². The van der Waals surface area contributed by atoms with Crippen molar-refractivity contribution >= 4 is 18.8 Å². The molecular weight excluding hydrogens is 220 g/mol. The highest BCUT2D eigenvalue weighted by atomic mass is 28.3. The minimum Gasteiger partial charge on any atom is -0.0955 e. The monoisotopic (exact) mass is 244 g/mol. The van der Waals surface area contributed by atoms with Crippen LogP contribution >= 0.6 is 0 Å². The van der Waals surface area contributed by atoms with Crippen LogP contribution in [0, 0.1) is 0 Å². The van der Waals surface area contributed by atoms with Crippen molar-refractivity contribution in [1.29, 1.82) is 0 Å². The first-order valence-electron chi connectivity index (χ1n) is 6.17. The van der Waals surface area contributed by atoms with Gasteiger partial charge in [-0.1, -0.05) is 60.8 Å². The smallest absolute Gasteiger partial charge is 0.0782 e. The molecule has 1 rings (SSSR count). The first-order valence-corrected chi connectivity index (χ1v) is 9.67. The number of allylic oxidation sites excluding steroid dienone is 2. The zero-order valence-electron chi connectivity index (χ0n) is 12.0. The van der Waals surface area contributed by atoms with Gasteiger partial charge in [-0.15, -0.1) is 0 Å². The van der Waals surface area contributed by atoms with E-state index in [-0.39, 0.29) is 0 Å². The third-order valence-corrected chi connectivity index (χ3v) is 5.18. The summed E-state index contributed by atoms with van der Waals surface area (Å²) in [4.78, 5) is 0. The van der Waals surface area contributed by atoms with Crippen LogP contribution in [0.2, 0.25) is 19.6 Å². The lowest BCUT2D eigenvalue weighted by atomic mass is 10.0. The molecule has 0 radical (unpaired) electrons. The molecule has 0 atom stereocenters. The Kier molecular flexibility index (Phi) is 4.15. The summed E-state index contributed by atoms with van der Waals surface area (Å²) in [5.74, 6) is 0. The molecule has 0 amide bonds. The molecule has 0 N–H and O–H groups in total. The number of benzene rings is 1. The Hall–Kier alpha value is -1.08. The Morgan fingerprint density at radius 2 is 1.53 bits per heavy atom. The quantitative estimate of drug-likeness (QED) is 0.625. The lowest BCUT2D eigenvalue weighted by molar-refractivity contribution is 1.39. The molecule has 17 heavy (non-hydrogen) atoms. The SMILES string of the molecule is C=C(C)c1cccc(C(=C(C)C)[Si](C)(C)C)c1. The van der Waals surface area contributed by atoms with Gasteiger partial charge in [-0.25, -0.2) is 0 Å². The van der Waals surface area contributed by atoms with Crippen LogP contribution < -0.4 is 0 Å². The van der Waals surface area contributed by atoms with E-state index in [1.807, 2.05) is 0 Å². The summed E-state index contributed by atoms with van der Waals surface area (Å²) in [5.41, 5.74) is 5.21. The standard InChI is InChI=1S/C16H24Si/c1-12(2)14-9-8-10-15(11-14)16(13(3)4)17(5,6)7/h8-11H,1H2,2-7H3. The van der Waals surface area contributed by atoms with Crippen LogP contribution in [0.5, 0.6) is 0 Å². The predicted octanol–water partition coefficient (Wildman–Crippen LogP) is 5.39. The average Bonchev–Trinajstić information content (AvgIpc) is 2.15. The lowest BCUT2D eigenvalue weighted by Gasteiger charge is -2.24. The van der Waals surface area contributed by atoms with E-state index in [9.17, 15) is 0 Å². The summed E-state index contributed by atoms with van der Waals surface area (Å²) in [5, 5.41) is 1.57. The van der Waals surface area contributed by atoms with Crippen molar-refractivity contribution in [3.8, 4) is 0 Å². The minimum atomic E-state index is -1.30. The maximum absolute atomic E-state index is 4.03. The van der Waals surface area contributed by atoms with Crippen LogP contribution in [0.15, 0.2) is 36.4 Å². The van der Waals surface area contributed by atoms with E-state index in [0.29, 0.717) is 0 Å². The van der Waals surface area contributed by atoms with Crippen molar-refractivity contribution in [3.05, 3.63) is 47.5 Å². The molecular formula is C16H24Si. The third kappa shape index (κ3) is 3.44. The second-order valence-corrected chi connectivity index (χ2v) is 11.0. The highest BCUT2D eigenvalue weighted by Crippen LogP contribution is 2.30. The number of rotatable bonds is 3. The highest BCUT2D eigenvalue weighted by molar-refractivity contribution is 6.93. The minimum absolute atomic E-state index is 1.13. The van der Waals surface area contributed by atoms with Crippen LogP contribution in [-0.2, 0) is 0 Å². The Balaban J connectivity index is 3.37. The molecule has 1 aromatic carbocycles. The molecule has 0 aromatic heterocycles. The highest BCUT2D eigenvalue weighted by Gasteiger charge is 2.22. The average molecular weight is 244 g/mol. The maximum Gasteiger partial charge on any atom is 0.0782 e. The van der Waals surface area contributed by atoms with E-state index in [0.717, 1.165) is 5.57 Å². The topological polar surface area (TPSA) is 0 Å². The Morgan fingerprint density at radius 3 is 1.94 bits per heavy atom. The van der Waals surface area contributed by atoms with Gasteiger partial charge in [-0.2, -0.15) is 0 Å². The van der Waals surface area contributed by atoms with E-state index < -0.39 is 8.07 Å². The molecule has 0 aliphatic heterocycles. The fraction of sp³-hybridized carbons (Fsp3) is 0.375. The molecule has 1 heteroatoms. The first kappa shape index (κ1) is 14.0. The summed E-state index contributed by atoms with van der Waals surface area (Å²) in [6.07, 6.45) is 0. The van der Waals surface area contributed by atoms with Crippen LogP contribution in [0.25, 0.3) is 10.8 Å². The zero-order chi connectivity index (χ0) is 13.2. The lowest BCUT2D eigenvalue weighted by Crippen LogP contribution is -2.23. The zero-order valence-corrected chi connectivity index (χ0v) is 13.0. The maximum atomic E-state index is 4.03. The number of hydrogen-bond acceptors (Lipinski definition) is 0. The Morgan fingerprint density at radius 1 is 1.00 bits per heavy atom. The van der Waals surface area contributed by atoms with Gasteiger partial charge in [0, 0.05) is 0 Å². The van der Waals surface area contributed by atoms with Gasteiger partial charge < -0.3 is 0 Å². The van der Waals surface area contributed by atoms with Gasteiger partial charge in [-0.3, -0.25) is 0 Å². The molecule has 0 aliphatic rings. The van der Waals surface area contributed by atoms with E-state index in [1.54, 1.807) is 5.20 Å². The molecule has 0 nitrogen and oxygen atoms in total. The molecule has 1 aromatic rings. The summed E-state index contributed by atoms with van der Waals surface area (Å²) in [6.45, 7) is 17.8. The van der Waals surface area contributed by atoms with E-state index in [4.69, 9.17) is 0 Å². The Labute approximate surface area is 107 Å². The molecule has 0 unspecified atom stereocenters. The molecule has 0 spiro atoms. The fourth-order valence-electron chi connectivity index (χ4n) is 2.41. The van der Waals surface area contributed by atoms with Crippen LogP contribution in [0.1, 0.15) is 31.9 Å². The largest absolute Gasteiger partial charge is 0.0955 e. The van der Waals surface area contributed by atoms with Crippen molar-refractivity contribution in [3.63, 3.8) is 0 Å². The van der Waals surface area contributed by atoms with E-state index in [1.165, 1.54) is 16.7 Å². The second kappa shape index (κ2) is 5.05. The fourth-order valence-corrected chi connectivity index (χ4v) is 4.93. The molecule has 0 heterocycles. The first-order chi connectivity index (χ1) is 7.73. The molecule has 0 saturated heterocycles. The molecule has 92 valence electrons. The van der Waals surface area contributed by atoms with Gasteiger partial charge in [0.05, 0.1) is 8.07 Å². The molecule has 0 saturated carbocycles. The van der Waals surface area contributed by atoms with Gasteiger partial charge in [0.2, 0.25) is 0 Å². The summed E-state index contributed by atoms with van der Waals surface area (Å²) in [7, 11) is -1.30. The molecule has 0 bridgehead atoms. The van der Waals surface area contributed by atoms with E-state index >= 15 is 0 Å². The van der Waals surface area contributed by atoms with Gasteiger partial charge in [-0.05, 0) is 38.0 Å². The van der Waals surface area contributed by atoms with Crippen molar-refractivity contribution < 1.29 is 0 Å². The number of hydrogen-bond donors (Lipinski definition) is 0. The third-order valence-electron chi connectivity index (χ3n) is 2.89. The van der Waals surface area contributed by atoms with Crippen molar-refractivity contribution in [2.75, 3.05) is 0 Å². The van der Waals surface area contributed by atoms with Crippen LogP contribution in [0.3, 0.4) is 0 Å². The normalized spacial score (nSPS) is 11.2. The van der Waals surface area contributed by atoms with Crippen LogP contribution in [0.4, 0.5) is 0 Å². The van der Waals surface area contributed by atoms with E-state index in [2.05, 4.69) is 71.3 Å². The van der Waals surface area contributed by atoms with Crippen molar-refractivity contribution in [2.24, 2.45) is 0 Å². The van der Waals surface area contributed by atoms with Crippen molar-refractivity contribution in [2.45, 2.75) is 40.4 Å². The van der Waals surface area contributed by atoms with Crippen LogP contribution in [-0.4, -0.2) is 8.07 Å². The summed E-state index contributed by atoms with van der Waals surface area (Å²) < 4.78 is 0. The van der Waals surface area contributed by atoms with Gasteiger partial charge >= 0.3 is 0 Å². The second-order valence-electron chi connectivity index (χ2n) is 5.99. The van der Waals surface area contributed by atoms with Crippen molar-refractivity contribution in [1.82, 2.24) is 0 Å². The predicted molar refractivity (Wildman–Crippen MR) is 82.8 cm³/mol.